The van der Waals surface area contributed by atoms with Crippen LogP contribution in [0.2, 0.25) is 0 Å². The van der Waals surface area contributed by atoms with E-state index in [2.05, 4.69) is 21.2 Å². The van der Waals surface area contributed by atoms with Crippen LogP contribution >= 0.6 is 15.9 Å². The number of carbonyl (C=O) groups is 2. The van der Waals surface area contributed by atoms with Crippen molar-refractivity contribution >= 4 is 43.5 Å². The number of nitrogens with one attached hydrogen (secondary N) is 1. The lowest BCUT2D eigenvalue weighted by molar-refractivity contribution is -0.140. The van der Waals surface area contributed by atoms with Gasteiger partial charge in [0.25, 0.3) is 10.0 Å². The lowest BCUT2D eigenvalue weighted by Crippen LogP contribution is -2.54. The zero-order valence-corrected chi connectivity index (χ0v) is 28.0. The fraction of sp³-hybridized carbons (Fsp3) is 0.257. The Balaban J connectivity index is 1.78. The van der Waals surface area contributed by atoms with E-state index in [0.717, 1.165) is 19.9 Å². The molecule has 0 aliphatic rings. The molecule has 0 aliphatic heterocycles. The Morgan fingerprint density at radius 2 is 1.44 bits per heavy atom. The number of ether oxygens (including phenoxy) is 1. The molecular weight excluding hydrogens is 654 g/mol. The van der Waals surface area contributed by atoms with Gasteiger partial charge in [-0.05, 0) is 73.0 Å². The first-order chi connectivity index (χ1) is 21.6. The van der Waals surface area contributed by atoms with Crippen LogP contribution in [-0.2, 0) is 32.6 Å². The Kier molecular flexibility index (Phi) is 11.8. The minimum Gasteiger partial charge on any atom is -0.497 e. The van der Waals surface area contributed by atoms with Crippen molar-refractivity contribution in [2.75, 3.05) is 18.0 Å². The minimum absolute atomic E-state index is 0.00904. The summed E-state index contributed by atoms with van der Waals surface area (Å²) in [4.78, 5) is 29.9. The van der Waals surface area contributed by atoms with Crippen LogP contribution in [0.4, 0.5) is 5.69 Å². The Morgan fingerprint density at radius 3 is 2.02 bits per heavy atom. The number of anilines is 1. The van der Waals surface area contributed by atoms with Crippen LogP contribution in [-0.4, -0.2) is 50.9 Å². The van der Waals surface area contributed by atoms with E-state index in [9.17, 15) is 18.0 Å². The number of carbonyl (C=O) groups excluding carboxylic acids is 2. The molecule has 0 unspecified atom stereocenters. The highest BCUT2D eigenvalue weighted by molar-refractivity contribution is 9.10. The molecule has 2 amide bonds. The van der Waals surface area contributed by atoms with E-state index in [1.54, 1.807) is 42.5 Å². The van der Waals surface area contributed by atoms with Crippen LogP contribution in [0.15, 0.2) is 119 Å². The minimum atomic E-state index is -4.19. The first-order valence-corrected chi connectivity index (χ1v) is 17.0. The van der Waals surface area contributed by atoms with Crippen LogP contribution < -0.4 is 14.4 Å². The van der Waals surface area contributed by atoms with Crippen LogP contribution in [0, 0.1) is 0 Å². The van der Waals surface area contributed by atoms with E-state index in [1.807, 2.05) is 68.4 Å². The third-order valence-electron chi connectivity index (χ3n) is 7.51. The van der Waals surface area contributed by atoms with E-state index in [4.69, 9.17) is 4.74 Å². The van der Waals surface area contributed by atoms with Crippen LogP contribution in [0.5, 0.6) is 5.75 Å². The quantitative estimate of drug-likeness (QED) is 0.170. The number of hydrogen-bond donors (Lipinski definition) is 1. The van der Waals surface area contributed by atoms with Gasteiger partial charge in [0.1, 0.15) is 18.3 Å². The first kappa shape index (κ1) is 33.7. The molecule has 236 valence electrons. The number of nitrogens with zero attached hydrogens (tertiary/aromatic N) is 2. The lowest BCUT2D eigenvalue weighted by atomic mass is 10.0. The summed E-state index contributed by atoms with van der Waals surface area (Å²) in [6, 6.07) is 30.5. The van der Waals surface area contributed by atoms with Crippen LogP contribution in [0.3, 0.4) is 0 Å². The van der Waals surface area contributed by atoms with Gasteiger partial charge in [-0.3, -0.25) is 13.9 Å². The maximum atomic E-state index is 14.5. The van der Waals surface area contributed by atoms with Gasteiger partial charge in [-0.2, -0.15) is 0 Å². The monoisotopic (exact) mass is 691 g/mol. The maximum Gasteiger partial charge on any atom is 0.264 e. The topological polar surface area (TPSA) is 96.0 Å². The normalized spacial score (nSPS) is 12.5. The molecule has 0 saturated heterocycles. The molecular formula is C35H38BrN3O5S. The Hall–Kier alpha value is -4.15. The number of benzene rings is 4. The molecule has 4 rings (SSSR count). The van der Waals surface area contributed by atoms with Crippen molar-refractivity contribution in [3.63, 3.8) is 0 Å². The highest BCUT2D eigenvalue weighted by Gasteiger charge is 2.35. The highest BCUT2D eigenvalue weighted by Crippen LogP contribution is 2.26. The van der Waals surface area contributed by atoms with Crippen LogP contribution in [0.25, 0.3) is 0 Å². The van der Waals surface area contributed by atoms with Crippen molar-refractivity contribution < 1.29 is 22.7 Å². The van der Waals surface area contributed by atoms with Crippen LogP contribution in [0.1, 0.15) is 31.4 Å². The predicted octanol–water partition coefficient (Wildman–Crippen LogP) is 6.21. The van der Waals surface area contributed by atoms with Gasteiger partial charge in [-0.1, -0.05) is 83.5 Å². The number of sulfonamides is 1. The van der Waals surface area contributed by atoms with Crippen molar-refractivity contribution in [2.24, 2.45) is 0 Å². The maximum absolute atomic E-state index is 14.5. The molecule has 10 heteroatoms. The van der Waals surface area contributed by atoms with Gasteiger partial charge >= 0.3 is 0 Å². The van der Waals surface area contributed by atoms with Gasteiger partial charge < -0.3 is 15.0 Å². The largest absolute Gasteiger partial charge is 0.497 e. The number of rotatable bonds is 14. The summed E-state index contributed by atoms with van der Waals surface area (Å²) < 4.78 is 35.4. The van der Waals surface area contributed by atoms with E-state index in [1.165, 1.54) is 24.1 Å². The molecule has 0 spiro atoms. The fourth-order valence-corrected chi connectivity index (χ4v) is 6.46. The Morgan fingerprint density at radius 1 is 0.844 bits per heavy atom. The molecule has 0 aromatic heterocycles. The van der Waals surface area contributed by atoms with Crippen molar-refractivity contribution in [1.82, 2.24) is 10.2 Å². The second-order valence-electron chi connectivity index (χ2n) is 10.7. The van der Waals surface area contributed by atoms with Gasteiger partial charge in [0, 0.05) is 23.5 Å². The fourth-order valence-electron chi connectivity index (χ4n) is 4.78. The zero-order valence-electron chi connectivity index (χ0n) is 25.6. The Bertz CT molecular complexity index is 1650. The van der Waals surface area contributed by atoms with Crippen molar-refractivity contribution in [1.29, 1.82) is 0 Å². The van der Waals surface area contributed by atoms with E-state index in [0.29, 0.717) is 17.9 Å². The average molecular weight is 693 g/mol. The van der Waals surface area contributed by atoms with Gasteiger partial charge in [0.15, 0.2) is 0 Å². The third kappa shape index (κ3) is 8.95. The molecule has 2 atom stereocenters. The number of amides is 2. The molecule has 1 N–H and O–H groups in total. The summed E-state index contributed by atoms with van der Waals surface area (Å²) in [5.41, 5.74) is 2.00. The van der Waals surface area contributed by atoms with E-state index >= 15 is 0 Å². The summed E-state index contributed by atoms with van der Waals surface area (Å²) in [6.45, 7) is 3.47. The van der Waals surface area contributed by atoms with Gasteiger partial charge in [0.2, 0.25) is 11.8 Å². The predicted molar refractivity (Wildman–Crippen MR) is 180 cm³/mol. The van der Waals surface area contributed by atoms with Crippen molar-refractivity contribution in [3.05, 3.63) is 125 Å². The van der Waals surface area contributed by atoms with Gasteiger partial charge in [-0.15, -0.1) is 0 Å². The van der Waals surface area contributed by atoms with Gasteiger partial charge in [0.05, 0.1) is 17.7 Å². The first-order valence-electron chi connectivity index (χ1n) is 14.7. The summed E-state index contributed by atoms with van der Waals surface area (Å²) in [6.07, 6.45) is 0.967. The average Bonchev–Trinajstić information content (AvgIpc) is 3.06. The second-order valence-corrected chi connectivity index (χ2v) is 13.5. The number of methoxy groups -OCH3 is 1. The molecule has 0 fully saturated rings. The molecule has 0 aliphatic carbocycles. The second kappa shape index (κ2) is 15.7. The Labute approximate surface area is 274 Å². The number of para-hydroxylation sites is 1. The zero-order chi connectivity index (χ0) is 32.4. The van der Waals surface area contributed by atoms with Crippen molar-refractivity contribution in [2.45, 2.75) is 50.2 Å². The summed E-state index contributed by atoms with van der Waals surface area (Å²) >= 11 is 3.46. The number of hydrogen-bond acceptors (Lipinski definition) is 5. The van der Waals surface area contributed by atoms with Crippen molar-refractivity contribution in [3.8, 4) is 5.75 Å². The molecule has 0 heterocycles. The van der Waals surface area contributed by atoms with Gasteiger partial charge in [-0.25, -0.2) is 8.42 Å². The smallest absolute Gasteiger partial charge is 0.264 e. The van der Waals surface area contributed by atoms with E-state index in [-0.39, 0.29) is 29.8 Å². The number of halogens is 1. The lowest BCUT2D eigenvalue weighted by Gasteiger charge is -2.34. The third-order valence-corrected chi connectivity index (χ3v) is 9.83. The molecule has 8 nitrogen and oxygen atoms in total. The summed E-state index contributed by atoms with van der Waals surface area (Å²) in [5.74, 6) is -0.310. The van der Waals surface area contributed by atoms with E-state index < -0.39 is 28.5 Å². The summed E-state index contributed by atoms with van der Waals surface area (Å²) in [7, 11) is -2.69. The molecule has 45 heavy (non-hydrogen) atoms. The molecule has 4 aromatic rings. The molecule has 0 saturated carbocycles. The molecule has 0 bridgehead atoms. The SMILES string of the molecule is CC[C@@H](C)NC(=O)[C@H](Cc1ccccc1)N(Cc1ccc(Br)cc1)C(=O)CN(c1ccccc1)S(=O)(=O)c1ccc(OC)cc1. The molecule has 4 aromatic carbocycles. The summed E-state index contributed by atoms with van der Waals surface area (Å²) in [5, 5.41) is 3.05. The highest BCUT2D eigenvalue weighted by atomic mass is 79.9. The molecule has 0 radical (unpaired) electrons. The standard InChI is InChI=1S/C35H38BrN3O5S/c1-4-26(2)37-35(41)33(23-27-11-7-5-8-12-27)38(24-28-15-17-29(36)18-16-28)34(40)25-39(30-13-9-6-10-14-30)45(42,43)32-21-19-31(44-3)20-22-32/h5-22,26,33H,4,23-25H2,1-3H3,(H,37,41)/t26-,33+/m1/s1.